The van der Waals surface area contributed by atoms with Crippen molar-refractivity contribution in [2.75, 3.05) is 13.1 Å². The molecule has 19 heavy (non-hydrogen) atoms. The summed E-state index contributed by atoms with van der Waals surface area (Å²) in [6.45, 7) is 4.54. The van der Waals surface area contributed by atoms with E-state index in [2.05, 4.69) is 52.4 Å². The highest BCUT2D eigenvalue weighted by Crippen LogP contribution is 2.64. The van der Waals surface area contributed by atoms with E-state index >= 15 is 0 Å². The Kier molecular flexibility index (Phi) is 3.74. The minimum atomic E-state index is 0.402. The SMILES string of the molecule is CCCNCC1(c2cccc(Br)c2)CC2(CCC2)C1. The highest BCUT2D eigenvalue weighted by Gasteiger charge is 2.57. The Morgan fingerprint density at radius 3 is 2.63 bits per heavy atom. The van der Waals surface area contributed by atoms with Gasteiger partial charge in [-0.15, -0.1) is 0 Å². The van der Waals surface area contributed by atoms with Gasteiger partial charge in [-0.3, -0.25) is 0 Å². The maximum Gasteiger partial charge on any atom is 0.0178 e. The average Bonchev–Trinajstić information content (AvgIpc) is 2.30. The third-order valence-electron chi connectivity index (χ3n) is 5.17. The molecule has 1 aromatic rings. The lowest BCUT2D eigenvalue weighted by atomic mass is 9.43. The minimum absolute atomic E-state index is 0.402. The molecule has 0 radical (unpaired) electrons. The lowest BCUT2D eigenvalue weighted by Crippen LogP contribution is -2.57. The molecule has 1 nitrogen and oxygen atoms in total. The van der Waals surface area contributed by atoms with Crippen molar-refractivity contribution in [2.24, 2.45) is 5.41 Å². The second-order valence-corrected chi connectivity index (χ2v) is 7.59. The lowest BCUT2D eigenvalue weighted by molar-refractivity contribution is -0.0482. The zero-order valence-electron chi connectivity index (χ0n) is 11.8. The molecule has 1 N–H and O–H groups in total. The van der Waals surface area contributed by atoms with Crippen LogP contribution in [0.2, 0.25) is 0 Å². The van der Waals surface area contributed by atoms with E-state index in [-0.39, 0.29) is 0 Å². The highest BCUT2D eigenvalue weighted by molar-refractivity contribution is 9.10. The van der Waals surface area contributed by atoms with Crippen LogP contribution in [0.5, 0.6) is 0 Å². The van der Waals surface area contributed by atoms with E-state index in [1.54, 1.807) is 0 Å². The van der Waals surface area contributed by atoms with Crippen LogP contribution in [0.25, 0.3) is 0 Å². The van der Waals surface area contributed by atoms with Gasteiger partial charge in [-0.1, -0.05) is 41.4 Å². The number of nitrogens with one attached hydrogen (secondary N) is 1. The number of halogens is 1. The molecular weight excluding hydrogens is 298 g/mol. The molecule has 1 aromatic carbocycles. The second kappa shape index (κ2) is 5.21. The predicted molar refractivity (Wildman–Crippen MR) is 84.5 cm³/mol. The van der Waals surface area contributed by atoms with E-state index in [1.165, 1.54) is 48.6 Å². The summed E-state index contributed by atoms with van der Waals surface area (Å²) < 4.78 is 1.22. The van der Waals surface area contributed by atoms with Crippen LogP contribution in [-0.2, 0) is 5.41 Å². The molecule has 0 bridgehead atoms. The first-order valence-electron chi connectivity index (χ1n) is 7.65. The van der Waals surface area contributed by atoms with Gasteiger partial charge in [0.1, 0.15) is 0 Å². The van der Waals surface area contributed by atoms with Gasteiger partial charge in [-0.25, -0.2) is 0 Å². The van der Waals surface area contributed by atoms with Gasteiger partial charge in [0.25, 0.3) is 0 Å². The van der Waals surface area contributed by atoms with Crippen molar-refractivity contribution < 1.29 is 0 Å². The highest BCUT2D eigenvalue weighted by atomic mass is 79.9. The normalized spacial score (nSPS) is 22.8. The standard InChI is InChI=1S/C17H24BrN/c1-2-9-19-13-17(11-16(12-17)7-4-8-16)14-5-3-6-15(18)10-14/h3,5-6,10,19H,2,4,7-9,11-13H2,1H3. The van der Waals surface area contributed by atoms with Gasteiger partial charge < -0.3 is 5.32 Å². The molecule has 0 saturated heterocycles. The summed E-state index contributed by atoms with van der Waals surface area (Å²) in [7, 11) is 0. The van der Waals surface area contributed by atoms with Gasteiger partial charge in [-0.2, -0.15) is 0 Å². The van der Waals surface area contributed by atoms with Gasteiger partial charge >= 0.3 is 0 Å². The second-order valence-electron chi connectivity index (χ2n) is 6.67. The van der Waals surface area contributed by atoms with E-state index in [0.717, 1.165) is 18.5 Å². The molecule has 2 heteroatoms. The first-order valence-corrected chi connectivity index (χ1v) is 8.44. The summed E-state index contributed by atoms with van der Waals surface area (Å²) in [5.74, 6) is 0. The van der Waals surface area contributed by atoms with Crippen molar-refractivity contribution in [1.29, 1.82) is 0 Å². The molecule has 0 aliphatic heterocycles. The van der Waals surface area contributed by atoms with Crippen LogP contribution in [0.3, 0.4) is 0 Å². The molecular formula is C17H24BrN. The fourth-order valence-corrected chi connectivity index (χ4v) is 4.57. The van der Waals surface area contributed by atoms with Crippen molar-refractivity contribution in [3.63, 3.8) is 0 Å². The smallest absolute Gasteiger partial charge is 0.0178 e. The van der Waals surface area contributed by atoms with Crippen molar-refractivity contribution >= 4 is 15.9 Å². The van der Waals surface area contributed by atoms with Crippen molar-refractivity contribution in [3.05, 3.63) is 34.3 Å². The summed E-state index contributed by atoms with van der Waals surface area (Å²) in [5.41, 5.74) is 2.65. The zero-order valence-corrected chi connectivity index (χ0v) is 13.4. The van der Waals surface area contributed by atoms with E-state index < -0.39 is 0 Å². The van der Waals surface area contributed by atoms with Gasteiger partial charge in [-0.05, 0) is 61.8 Å². The summed E-state index contributed by atoms with van der Waals surface area (Å²) in [5, 5.41) is 3.67. The molecule has 3 rings (SSSR count). The molecule has 2 saturated carbocycles. The minimum Gasteiger partial charge on any atom is -0.316 e. The molecule has 2 fully saturated rings. The van der Waals surface area contributed by atoms with Crippen LogP contribution in [0.1, 0.15) is 51.0 Å². The third-order valence-corrected chi connectivity index (χ3v) is 5.66. The average molecular weight is 322 g/mol. The fraction of sp³-hybridized carbons (Fsp3) is 0.647. The molecule has 2 aliphatic carbocycles. The Bertz CT molecular complexity index is 442. The van der Waals surface area contributed by atoms with Crippen molar-refractivity contribution in [2.45, 2.75) is 50.9 Å². The van der Waals surface area contributed by atoms with Gasteiger partial charge in [0.2, 0.25) is 0 Å². The maximum atomic E-state index is 3.67. The number of hydrogen-bond donors (Lipinski definition) is 1. The van der Waals surface area contributed by atoms with Crippen LogP contribution in [0.15, 0.2) is 28.7 Å². The molecule has 0 unspecified atom stereocenters. The van der Waals surface area contributed by atoms with Crippen molar-refractivity contribution in [1.82, 2.24) is 5.32 Å². The Morgan fingerprint density at radius 2 is 2.05 bits per heavy atom. The van der Waals surface area contributed by atoms with E-state index in [4.69, 9.17) is 0 Å². The van der Waals surface area contributed by atoms with E-state index in [1.807, 2.05) is 0 Å². The Hall–Kier alpha value is -0.340. The number of benzene rings is 1. The van der Waals surface area contributed by atoms with Crippen LogP contribution >= 0.6 is 15.9 Å². The topological polar surface area (TPSA) is 12.0 Å². The molecule has 0 heterocycles. The van der Waals surface area contributed by atoms with E-state index in [9.17, 15) is 0 Å². The van der Waals surface area contributed by atoms with Crippen molar-refractivity contribution in [3.8, 4) is 0 Å². The zero-order chi connectivity index (χ0) is 13.3. The largest absolute Gasteiger partial charge is 0.316 e. The van der Waals surface area contributed by atoms with Crippen LogP contribution in [0, 0.1) is 5.41 Å². The molecule has 104 valence electrons. The Labute approximate surface area is 125 Å². The third kappa shape index (κ3) is 2.50. The lowest BCUT2D eigenvalue weighted by Gasteiger charge is -2.62. The Morgan fingerprint density at radius 1 is 1.26 bits per heavy atom. The molecule has 1 spiro atoms. The number of rotatable bonds is 5. The first-order chi connectivity index (χ1) is 9.18. The summed E-state index contributed by atoms with van der Waals surface area (Å²) in [6, 6.07) is 8.98. The monoisotopic (exact) mass is 321 g/mol. The quantitative estimate of drug-likeness (QED) is 0.778. The van der Waals surface area contributed by atoms with Crippen LogP contribution in [-0.4, -0.2) is 13.1 Å². The summed E-state index contributed by atoms with van der Waals surface area (Å²) in [4.78, 5) is 0. The Balaban J connectivity index is 1.77. The summed E-state index contributed by atoms with van der Waals surface area (Å²) in [6.07, 6.45) is 8.41. The molecule has 0 aromatic heterocycles. The van der Waals surface area contributed by atoms with Gasteiger partial charge in [0.05, 0.1) is 0 Å². The number of hydrogen-bond acceptors (Lipinski definition) is 1. The van der Waals surface area contributed by atoms with Gasteiger partial charge in [0.15, 0.2) is 0 Å². The molecule has 2 aliphatic rings. The maximum absolute atomic E-state index is 3.67. The fourth-order valence-electron chi connectivity index (χ4n) is 4.17. The predicted octanol–water partition coefficient (Wildman–Crippen LogP) is 4.65. The van der Waals surface area contributed by atoms with E-state index in [0.29, 0.717) is 5.41 Å². The molecule has 0 atom stereocenters. The molecule has 0 amide bonds. The summed E-state index contributed by atoms with van der Waals surface area (Å²) >= 11 is 3.63. The van der Waals surface area contributed by atoms with Gasteiger partial charge in [0, 0.05) is 16.4 Å². The van der Waals surface area contributed by atoms with Crippen LogP contribution in [0.4, 0.5) is 0 Å². The first kappa shape index (κ1) is 13.6. The van der Waals surface area contributed by atoms with Crippen LogP contribution < -0.4 is 5.32 Å².